The molecule has 0 saturated carbocycles. The Morgan fingerprint density at radius 3 is 2.18 bits per heavy atom. The lowest BCUT2D eigenvalue weighted by atomic mass is 10.1. The molecule has 0 aliphatic heterocycles. The molecule has 11 heavy (non-hydrogen) atoms. The number of hydrogen-bond acceptors (Lipinski definition) is 4. The summed E-state index contributed by atoms with van der Waals surface area (Å²) in [5, 5.41) is 9.01. The van der Waals surface area contributed by atoms with Crippen molar-refractivity contribution in [3.05, 3.63) is 29.8 Å². The Hall–Kier alpha value is -1.10. The highest BCUT2D eigenvalue weighted by atomic mass is 16.3. The van der Waals surface area contributed by atoms with E-state index in [-0.39, 0.29) is 5.75 Å². The first-order chi connectivity index (χ1) is 5.00. The molecule has 0 spiro atoms. The highest BCUT2D eigenvalue weighted by Gasteiger charge is 2.14. The lowest BCUT2D eigenvalue weighted by Crippen LogP contribution is -2.54. The number of hydrogen-bond donors (Lipinski definition) is 4. The molecule has 0 fully saturated rings. The van der Waals surface area contributed by atoms with Crippen LogP contribution in [0.1, 0.15) is 5.56 Å². The summed E-state index contributed by atoms with van der Waals surface area (Å²) < 4.78 is 0. The summed E-state index contributed by atoms with van der Waals surface area (Å²) in [4.78, 5) is 0. The molecule has 0 bridgehead atoms. The Labute approximate surface area is 64.6 Å². The van der Waals surface area contributed by atoms with Crippen LogP contribution in [0.25, 0.3) is 0 Å². The van der Waals surface area contributed by atoms with Gasteiger partial charge in [-0.05, 0) is 12.1 Å². The molecular weight excluding hydrogens is 142 g/mol. The van der Waals surface area contributed by atoms with Gasteiger partial charge in [0.1, 0.15) is 11.5 Å². The Bertz CT molecular complexity index is 254. The maximum Gasteiger partial charge on any atom is 0.143 e. The summed E-state index contributed by atoms with van der Waals surface area (Å²) in [5.74, 6) is -1.27. The van der Waals surface area contributed by atoms with Gasteiger partial charge in [-0.3, -0.25) is 17.2 Å². The van der Waals surface area contributed by atoms with Gasteiger partial charge in [0.15, 0.2) is 0 Å². The Kier molecular flexibility index (Phi) is 1.82. The van der Waals surface area contributed by atoms with Gasteiger partial charge in [-0.1, -0.05) is 12.1 Å². The topological polar surface area (TPSA) is 98.3 Å². The van der Waals surface area contributed by atoms with Crippen LogP contribution in [0.15, 0.2) is 24.3 Å². The normalized spacial score (nSPS) is 11.5. The zero-order chi connectivity index (χ0) is 8.48. The number of aromatic hydroxyl groups is 1. The first-order valence-electron chi connectivity index (χ1n) is 3.16. The van der Waals surface area contributed by atoms with Crippen LogP contribution >= 0.6 is 0 Å². The average Bonchev–Trinajstić information content (AvgIpc) is 1.86. The molecule has 1 aromatic rings. The van der Waals surface area contributed by atoms with Crippen LogP contribution in [-0.2, 0) is 5.79 Å². The SMILES string of the molecule is NC(N)(N)c1cccc(O)c1. The fraction of sp³-hybridized carbons (Fsp3) is 0.143. The van der Waals surface area contributed by atoms with Crippen molar-refractivity contribution in [2.24, 2.45) is 17.2 Å². The minimum absolute atomic E-state index is 0.105. The van der Waals surface area contributed by atoms with Crippen molar-refractivity contribution in [3.8, 4) is 5.75 Å². The summed E-state index contributed by atoms with van der Waals surface area (Å²) in [7, 11) is 0. The summed E-state index contributed by atoms with van der Waals surface area (Å²) in [6, 6.07) is 6.24. The van der Waals surface area contributed by atoms with E-state index in [1.807, 2.05) is 0 Å². The van der Waals surface area contributed by atoms with Crippen molar-refractivity contribution in [1.82, 2.24) is 0 Å². The van der Waals surface area contributed by atoms with Crippen LogP contribution in [-0.4, -0.2) is 5.11 Å². The first-order valence-corrected chi connectivity index (χ1v) is 3.16. The minimum atomic E-state index is -1.38. The molecule has 0 amide bonds. The van der Waals surface area contributed by atoms with E-state index >= 15 is 0 Å². The molecule has 0 radical (unpaired) electrons. The summed E-state index contributed by atoms with van der Waals surface area (Å²) in [5.41, 5.74) is 16.6. The lowest BCUT2D eigenvalue weighted by molar-refractivity contribution is 0.459. The van der Waals surface area contributed by atoms with Crippen molar-refractivity contribution in [2.75, 3.05) is 0 Å². The Morgan fingerprint density at radius 1 is 1.18 bits per heavy atom. The fourth-order valence-corrected chi connectivity index (χ4v) is 0.775. The van der Waals surface area contributed by atoms with Gasteiger partial charge < -0.3 is 5.11 Å². The maximum absolute atomic E-state index is 9.01. The van der Waals surface area contributed by atoms with Crippen molar-refractivity contribution in [1.29, 1.82) is 0 Å². The molecular formula is C7H11N3O. The smallest absolute Gasteiger partial charge is 0.143 e. The first kappa shape index (κ1) is 8.00. The standard InChI is InChI=1S/C7H11N3O/c8-7(9,10)5-2-1-3-6(11)4-5/h1-4,11H,8-10H2. The molecule has 0 saturated heterocycles. The molecule has 0 heterocycles. The molecule has 0 aliphatic rings. The predicted octanol–water partition coefficient (Wildman–Crippen LogP) is -0.621. The predicted molar refractivity (Wildman–Crippen MR) is 42.3 cm³/mol. The number of phenolic OH excluding ortho intramolecular Hbond substituents is 1. The molecule has 60 valence electrons. The minimum Gasteiger partial charge on any atom is -0.508 e. The third-order valence-corrected chi connectivity index (χ3v) is 1.35. The summed E-state index contributed by atoms with van der Waals surface area (Å²) in [6.07, 6.45) is 0. The van der Waals surface area contributed by atoms with E-state index in [4.69, 9.17) is 22.3 Å². The highest BCUT2D eigenvalue weighted by molar-refractivity contribution is 5.30. The zero-order valence-corrected chi connectivity index (χ0v) is 5.99. The zero-order valence-electron chi connectivity index (χ0n) is 5.99. The van der Waals surface area contributed by atoms with Crippen molar-refractivity contribution < 1.29 is 5.11 Å². The number of rotatable bonds is 1. The molecule has 0 aromatic heterocycles. The van der Waals surface area contributed by atoms with Gasteiger partial charge in [0.05, 0.1) is 0 Å². The average molecular weight is 153 g/mol. The molecule has 4 heteroatoms. The molecule has 0 atom stereocenters. The van der Waals surface area contributed by atoms with E-state index in [1.54, 1.807) is 12.1 Å². The Morgan fingerprint density at radius 2 is 1.82 bits per heavy atom. The molecule has 0 unspecified atom stereocenters. The number of phenols is 1. The van der Waals surface area contributed by atoms with Crippen LogP contribution < -0.4 is 17.2 Å². The van der Waals surface area contributed by atoms with E-state index in [9.17, 15) is 0 Å². The van der Waals surface area contributed by atoms with Crippen LogP contribution in [0, 0.1) is 0 Å². The molecule has 1 rings (SSSR count). The van der Waals surface area contributed by atoms with E-state index in [2.05, 4.69) is 0 Å². The van der Waals surface area contributed by atoms with E-state index in [0.717, 1.165) is 0 Å². The molecule has 4 nitrogen and oxygen atoms in total. The highest BCUT2D eigenvalue weighted by Crippen LogP contribution is 2.14. The van der Waals surface area contributed by atoms with E-state index in [0.29, 0.717) is 5.56 Å². The summed E-state index contributed by atoms with van der Waals surface area (Å²) in [6.45, 7) is 0. The van der Waals surface area contributed by atoms with Crippen LogP contribution in [0.5, 0.6) is 5.75 Å². The second-order valence-electron chi connectivity index (χ2n) is 2.48. The second kappa shape index (κ2) is 2.50. The van der Waals surface area contributed by atoms with Crippen LogP contribution in [0.2, 0.25) is 0 Å². The lowest BCUT2D eigenvalue weighted by Gasteiger charge is -2.18. The largest absolute Gasteiger partial charge is 0.508 e. The van der Waals surface area contributed by atoms with Gasteiger partial charge in [-0.2, -0.15) is 0 Å². The van der Waals surface area contributed by atoms with Gasteiger partial charge in [-0.15, -0.1) is 0 Å². The maximum atomic E-state index is 9.01. The van der Waals surface area contributed by atoms with Gasteiger partial charge in [-0.25, -0.2) is 0 Å². The van der Waals surface area contributed by atoms with Gasteiger partial charge >= 0.3 is 0 Å². The Balaban J connectivity index is 3.06. The molecule has 7 N–H and O–H groups in total. The summed E-state index contributed by atoms with van der Waals surface area (Å²) >= 11 is 0. The van der Waals surface area contributed by atoms with Gasteiger partial charge in [0, 0.05) is 5.56 Å². The third kappa shape index (κ3) is 1.91. The third-order valence-electron chi connectivity index (χ3n) is 1.35. The van der Waals surface area contributed by atoms with Gasteiger partial charge in [0.2, 0.25) is 0 Å². The monoisotopic (exact) mass is 153 g/mol. The van der Waals surface area contributed by atoms with E-state index < -0.39 is 5.79 Å². The van der Waals surface area contributed by atoms with Crippen LogP contribution in [0.4, 0.5) is 0 Å². The quantitative estimate of drug-likeness (QED) is 0.404. The van der Waals surface area contributed by atoms with Crippen molar-refractivity contribution in [2.45, 2.75) is 5.79 Å². The number of benzene rings is 1. The van der Waals surface area contributed by atoms with E-state index in [1.165, 1.54) is 12.1 Å². The molecule has 0 aliphatic carbocycles. The number of nitrogens with two attached hydrogens (primary N) is 3. The van der Waals surface area contributed by atoms with Gasteiger partial charge in [0.25, 0.3) is 0 Å². The second-order valence-corrected chi connectivity index (χ2v) is 2.48. The fourth-order valence-electron chi connectivity index (χ4n) is 0.775. The van der Waals surface area contributed by atoms with Crippen molar-refractivity contribution in [3.63, 3.8) is 0 Å². The van der Waals surface area contributed by atoms with Crippen LogP contribution in [0.3, 0.4) is 0 Å². The molecule has 1 aromatic carbocycles. The van der Waals surface area contributed by atoms with Crippen molar-refractivity contribution >= 4 is 0 Å².